The molecule has 14 heteroatoms. The number of nitrogens with one attached hydrogen (secondary N) is 2. The highest BCUT2D eigenvalue weighted by Crippen LogP contribution is 2.36. The summed E-state index contributed by atoms with van der Waals surface area (Å²) in [5.41, 5.74) is 7.32. The number of hydrogen-bond donors (Lipinski definition) is 4. The fourth-order valence-electron chi connectivity index (χ4n) is 4.55. The first-order chi connectivity index (χ1) is 21.8. The number of halogens is 3. The van der Waals surface area contributed by atoms with Crippen LogP contribution in [0.1, 0.15) is 58.8 Å². The molecule has 10 nitrogen and oxygen atoms in total. The van der Waals surface area contributed by atoms with Crippen molar-refractivity contribution in [1.82, 2.24) is 20.2 Å². The highest BCUT2D eigenvalue weighted by Gasteiger charge is 2.39. The van der Waals surface area contributed by atoms with E-state index in [0.717, 1.165) is 36.7 Å². The standard InChI is InChI=1S/C30H40F3N7O3S.C2H6/c1-5-21(8-7-19(2)16-40(35)18-25(34)26-15-36-29(44-26)37-20(3)41)13-27(42)38-23-10-9-22(17-39-11-6-12-39)28(43-4)24(14-23)30(31,32)33;1-2/h7-10,14-15,18,22H,5-6,11-13,16-17,34-35H2,1-4H3,(H,38,42)(H,36,37,41);1-2H3/b19-7-,21-8+,25-18-;. The first-order valence-electron chi connectivity index (χ1n) is 15.1. The molecule has 6 N–H and O–H groups in total. The van der Waals surface area contributed by atoms with Gasteiger partial charge in [-0.2, -0.15) is 13.2 Å². The fourth-order valence-corrected chi connectivity index (χ4v) is 5.33. The minimum Gasteiger partial charge on any atom is -0.500 e. The van der Waals surface area contributed by atoms with Gasteiger partial charge >= 0.3 is 6.18 Å². The summed E-state index contributed by atoms with van der Waals surface area (Å²) in [5, 5.41) is 7.07. The van der Waals surface area contributed by atoms with Gasteiger partial charge in [0.25, 0.3) is 0 Å². The summed E-state index contributed by atoms with van der Waals surface area (Å²) in [7, 11) is 1.24. The molecule has 1 aliphatic carbocycles. The van der Waals surface area contributed by atoms with Gasteiger partial charge in [-0.15, -0.1) is 0 Å². The number of rotatable bonds is 13. The monoisotopic (exact) mass is 665 g/mol. The lowest BCUT2D eigenvalue weighted by Crippen LogP contribution is -2.41. The summed E-state index contributed by atoms with van der Waals surface area (Å²) in [6.07, 6.45) is 7.78. The predicted molar refractivity (Wildman–Crippen MR) is 178 cm³/mol. The number of nitrogens with two attached hydrogens (primary N) is 2. The van der Waals surface area contributed by atoms with Crippen LogP contribution in [0.3, 0.4) is 0 Å². The lowest BCUT2D eigenvalue weighted by molar-refractivity contribution is -0.119. The van der Waals surface area contributed by atoms with Crippen molar-refractivity contribution in [3.63, 3.8) is 0 Å². The number of anilines is 1. The third-order valence-corrected chi connectivity index (χ3v) is 7.84. The number of hydrazine groups is 1. The Morgan fingerprint density at radius 3 is 2.48 bits per heavy atom. The number of nitrogens with zero attached hydrogens (tertiary/aromatic N) is 3. The molecule has 1 aliphatic heterocycles. The van der Waals surface area contributed by atoms with Crippen LogP contribution in [0.5, 0.6) is 0 Å². The number of allylic oxidation sites excluding steroid dienone is 5. The maximum atomic E-state index is 14.0. The fraction of sp³-hybridized carbons (Fsp3) is 0.469. The molecule has 0 aromatic carbocycles. The summed E-state index contributed by atoms with van der Waals surface area (Å²) >= 11 is 1.22. The van der Waals surface area contributed by atoms with Crippen LogP contribution < -0.4 is 22.2 Å². The average molecular weight is 666 g/mol. The smallest absolute Gasteiger partial charge is 0.419 e. The minimum absolute atomic E-state index is 0.00602. The van der Waals surface area contributed by atoms with Crippen LogP contribution in [0, 0.1) is 5.92 Å². The summed E-state index contributed by atoms with van der Waals surface area (Å²) in [4.78, 5) is 30.9. The SMILES string of the molecule is CC.CC/C(=C\C=C(\C)CN(N)/C=C(\N)c1cnc(NC(C)=O)s1)CC(=O)NC1=CC(C(F)(F)F)=C(OC)C(CN2CCC2)C=C1. The van der Waals surface area contributed by atoms with Gasteiger partial charge in [0.15, 0.2) is 5.13 Å². The molecule has 1 aromatic heterocycles. The summed E-state index contributed by atoms with van der Waals surface area (Å²) < 4.78 is 47.3. The van der Waals surface area contributed by atoms with E-state index in [1.165, 1.54) is 36.5 Å². The molecule has 0 radical (unpaired) electrons. The lowest BCUT2D eigenvalue weighted by atomic mass is 10.0. The van der Waals surface area contributed by atoms with Crippen LogP contribution in [-0.4, -0.2) is 66.2 Å². The van der Waals surface area contributed by atoms with Crippen LogP contribution >= 0.6 is 11.3 Å². The van der Waals surface area contributed by atoms with Gasteiger partial charge in [0.1, 0.15) is 5.76 Å². The van der Waals surface area contributed by atoms with Crippen LogP contribution in [0.4, 0.5) is 18.3 Å². The molecule has 2 amide bonds. The average Bonchev–Trinajstić information content (AvgIpc) is 3.35. The Balaban J connectivity index is 0.00000361. The number of aromatic nitrogens is 1. The molecule has 46 heavy (non-hydrogen) atoms. The maximum Gasteiger partial charge on any atom is 0.419 e. The van der Waals surface area contributed by atoms with Crippen molar-refractivity contribution >= 4 is 34.0 Å². The van der Waals surface area contributed by atoms with Crippen LogP contribution in [-0.2, 0) is 14.3 Å². The highest BCUT2D eigenvalue weighted by molar-refractivity contribution is 7.16. The van der Waals surface area contributed by atoms with Crippen molar-refractivity contribution in [3.8, 4) is 0 Å². The molecule has 1 atom stereocenters. The molecule has 2 aliphatic rings. The molecule has 2 heterocycles. The van der Waals surface area contributed by atoms with E-state index in [-0.39, 0.29) is 23.8 Å². The van der Waals surface area contributed by atoms with Crippen LogP contribution in [0.2, 0.25) is 0 Å². The van der Waals surface area contributed by atoms with E-state index in [1.54, 1.807) is 18.5 Å². The Morgan fingerprint density at radius 1 is 1.22 bits per heavy atom. The number of thiazole rings is 1. The summed E-state index contributed by atoms with van der Waals surface area (Å²) in [6.45, 7) is 11.6. The van der Waals surface area contributed by atoms with E-state index in [0.29, 0.717) is 35.2 Å². The maximum absolute atomic E-state index is 14.0. The molecular weight excluding hydrogens is 619 g/mol. The van der Waals surface area contributed by atoms with Crippen LogP contribution in [0.15, 0.2) is 71.0 Å². The van der Waals surface area contributed by atoms with Crippen molar-refractivity contribution in [2.45, 2.75) is 60.1 Å². The Kier molecular flexibility index (Phi) is 15.2. The molecule has 1 unspecified atom stereocenters. The van der Waals surface area contributed by atoms with Gasteiger partial charge in [0, 0.05) is 43.9 Å². The first-order valence-corrected chi connectivity index (χ1v) is 16.0. The molecule has 0 saturated carbocycles. The van der Waals surface area contributed by atoms with Gasteiger partial charge in [-0.3, -0.25) is 9.59 Å². The Hall–Kier alpha value is -3.88. The van der Waals surface area contributed by atoms with Gasteiger partial charge < -0.3 is 31.0 Å². The highest BCUT2D eigenvalue weighted by atomic mass is 32.1. The Bertz CT molecular complexity index is 1390. The number of carbonyl (C=O) groups is 2. The Morgan fingerprint density at radius 2 is 1.91 bits per heavy atom. The number of ether oxygens (including phenoxy) is 1. The normalized spacial score (nSPS) is 17.7. The summed E-state index contributed by atoms with van der Waals surface area (Å²) in [5.74, 6) is 4.70. The molecule has 3 rings (SSSR count). The van der Waals surface area contributed by atoms with Gasteiger partial charge in [-0.1, -0.05) is 61.5 Å². The number of likely N-dealkylation sites (tertiary alicyclic amines) is 1. The van der Waals surface area contributed by atoms with E-state index in [2.05, 4.69) is 20.5 Å². The van der Waals surface area contributed by atoms with Crippen molar-refractivity contribution in [2.75, 3.05) is 38.6 Å². The number of carbonyl (C=O) groups excluding carboxylic acids is 2. The zero-order valence-electron chi connectivity index (χ0n) is 27.3. The van der Waals surface area contributed by atoms with E-state index in [4.69, 9.17) is 16.3 Å². The van der Waals surface area contributed by atoms with E-state index >= 15 is 0 Å². The zero-order chi connectivity index (χ0) is 34.4. The van der Waals surface area contributed by atoms with Gasteiger partial charge in [-0.05, 0) is 45.0 Å². The quantitative estimate of drug-likeness (QED) is 0.122. The topological polar surface area (TPSA) is 139 Å². The van der Waals surface area contributed by atoms with Crippen molar-refractivity contribution in [3.05, 3.63) is 75.8 Å². The molecule has 0 bridgehead atoms. The van der Waals surface area contributed by atoms with Crippen molar-refractivity contribution in [1.29, 1.82) is 0 Å². The predicted octanol–water partition coefficient (Wildman–Crippen LogP) is 5.59. The number of hydrogen-bond acceptors (Lipinski definition) is 9. The summed E-state index contributed by atoms with van der Waals surface area (Å²) in [6, 6.07) is 0. The van der Waals surface area contributed by atoms with Gasteiger partial charge in [-0.25, -0.2) is 10.8 Å². The third kappa shape index (κ3) is 12.1. The van der Waals surface area contributed by atoms with Crippen molar-refractivity contribution in [2.24, 2.45) is 17.5 Å². The largest absolute Gasteiger partial charge is 0.500 e. The van der Waals surface area contributed by atoms with E-state index in [9.17, 15) is 22.8 Å². The van der Waals surface area contributed by atoms with Gasteiger partial charge in [0.05, 0.1) is 29.8 Å². The molecule has 254 valence electrons. The molecule has 0 spiro atoms. The molecular formula is C32H46F3N7O3S. The zero-order valence-corrected chi connectivity index (χ0v) is 28.1. The Labute approximate surface area is 273 Å². The van der Waals surface area contributed by atoms with Gasteiger partial charge in [0.2, 0.25) is 11.8 Å². The third-order valence-electron chi connectivity index (χ3n) is 6.88. The number of amides is 2. The number of alkyl halides is 3. The second-order valence-corrected chi connectivity index (χ2v) is 11.6. The second kappa shape index (κ2) is 18.3. The second-order valence-electron chi connectivity index (χ2n) is 10.6. The molecule has 1 saturated heterocycles. The van der Waals surface area contributed by atoms with Crippen molar-refractivity contribution < 1.29 is 27.5 Å². The lowest BCUT2D eigenvalue weighted by Gasteiger charge is -2.34. The van der Waals surface area contributed by atoms with E-state index < -0.39 is 23.6 Å². The molecule has 1 aromatic rings. The van der Waals surface area contributed by atoms with Crippen LogP contribution in [0.25, 0.3) is 5.70 Å². The molecule has 1 fully saturated rings. The minimum atomic E-state index is -4.65. The number of methoxy groups -OCH3 is 1. The first kappa shape index (κ1) is 38.3. The van der Waals surface area contributed by atoms with E-state index in [1.807, 2.05) is 39.8 Å².